The van der Waals surface area contributed by atoms with Gasteiger partial charge in [0.15, 0.2) is 0 Å². The van der Waals surface area contributed by atoms with E-state index < -0.39 is 17.6 Å². The lowest BCUT2D eigenvalue weighted by Gasteiger charge is -2.16. The Hall–Kier alpha value is -2.84. The van der Waals surface area contributed by atoms with Gasteiger partial charge in [-0.1, -0.05) is 0 Å². The van der Waals surface area contributed by atoms with E-state index >= 15 is 0 Å². The van der Waals surface area contributed by atoms with Gasteiger partial charge in [-0.3, -0.25) is 9.36 Å². The number of nitrogen functional groups attached to an aromatic ring is 1. The fraction of sp³-hybridized carbons (Fsp3) is 0.476. The summed E-state index contributed by atoms with van der Waals surface area (Å²) in [6.45, 7) is 4.07. The lowest BCUT2D eigenvalue weighted by Crippen LogP contribution is -2.12. The van der Waals surface area contributed by atoms with Gasteiger partial charge in [-0.15, -0.1) is 0 Å². The van der Waals surface area contributed by atoms with Crippen LogP contribution in [0.25, 0.3) is 11.3 Å². The highest BCUT2D eigenvalue weighted by Crippen LogP contribution is 2.66. The topological polar surface area (TPSA) is 74.6 Å². The van der Waals surface area contributed by atoms with E-state index in [1.54, 1.807) is 6.20 Å². The molecule has 2 N–H and O–H groups in total. The number of alkyl halides is 3. The van der Waals surface area contributed by atoms with Crippen LogP contribution in [0, 0.1) is 11.8 Å². The number of nitrogens with zero attached hydrogens (tertiary/aromatic N) is 5. The van der Waals surface area contributed by atoms with Crippen LogP contribution in [-0.2, 0) is 6.18 Å². The zero-order valence-electron chi connectivity index (χ0n) is 16.7. The van der Waals surface area contributed by atoms with Crippen molar-refractivity contribution in [1.82, 2.24) is 24.5 Å². The van der Waals surface area contributed by atoms with Crippen molar-refractivity contribution in [1.29, 1.82) is 0 Å². The fourth-order valence-corrected chi connectivity index (χ4v) is 5.02. The van der Waals surface area contributed by atoms with Crippen LogP contribution in [0.3, 0.4) is 0 Å². The fourth-order valence-electron chi connectivity index (χ4n) is 5.02. The Kier molecular flexibility index (Phi) is 4.20. The third kappa shape index (κ3) is 3.07. The van der Waals surface area contributed by atoms with Crippen LogP contribution in [0.15, 0.2) is 36.8 Å². The van der Waals surface area contributed by atoms with E-state index in [-0.39, 0.29) is 6.04 Å². The van der Waals surface area contributed by atoms with Gasteiger partial charge in [-0.25, -0.2) is 4.98 Å². The van der Waals surface area contributed by atoms with Gasteiger partial charge < -0.3 is 5.73 Å². The van der Waals surface area contributed by atoms with E-state index in [1.807, 2.05) is 41.5 Å². The van der Waals surface area contributed by atoms with Crippen LogP contribution in [0.2, 0.25) is 0 Å². The Balaban J connectivity index is 1.44. The van der Waals surface area contributed by atoms with E-state index in [2.05, 4.69) is 15.2 Å². The molecule has 0 aliphatic heterocycles. The zero-order chi connectivity index (χ0) is 21.2. The summed E-state index contributed by atoms with van der Waals surface area (Å²) in [6.07, 6.45) is 2.76. The molecule has 0 saturated heterocycles. The van der Waals surface area contributed by atoms with Crippen LogP contribution in [-0.4, -0.2) is 24.5 Å². The summed E-state index contributed by atoms with van der Waals surface area (Å²) in [6, 6.07) is 5.45. The van der Waals surface area contributed by atoms with Crippen molar-refractivity contribution in [3.63, 3.8) is 0 Å². The number of nitrogens with two attached hydrogens (primary N) is 1. The second-order valence-corrected chi connectivity index (χ2v) is 8.61. The average Bonchev–Trinajstić information content (AvgIpc) is 3.20. The summed E-state index contributed by atoms with van der Waals surface area (Å²) in [5.41, 5.74) is 6.45. The van der Waals surface area contributed by atoms with Crippen LogP contribution < -0.4 is 5.73 Å². The van der Waals surface area contributed by atoms with E-state index in [1.165, 1.54) is 6.20 Å². The predicted molar refractivity (Wildman–Crippen MR) is 105 cm³/mol. The van der Waals surface area contributed by atoms with Crippen molar-refractivity contribution < 1.29 is 13.2 Å². The average molecular weight is 416 g/mol. The van der Waals surface area contributed by atoms with Gasteiger partial charge in [0.25, 0.3) is 0 Å². The summed E-state index contributed by atoms with van der Waals surface area (Å²) in [5, 5.41) is 9.01. The molecule has 2 aliphatic carbocycles. The number of aromatic nitrogens is 5. The predicted octanol–water partition coefficient (Wildman–Crippen LogP) is 4.69. The van der Waals surface area contributed by atoms with Gasteiger partial charge in [0.05, 0.1) is 17.3 Å². The summed E-state index contributed by atoms with van der Waals surface area (Å²) in [4.78, 5) is 3.76. The van der Waals surface area contributed by atoms with Crippen molar-refractivity contribution >= 4 is 5.82 Å². The van der Waals surface area contributed by atoms with Gasteiger partial charge in [-0.05, 0) is 56.7 Å². The Morgan fingerprint density at radius 3 is 2.50 bits per heavy atom. The molecule has 0 spiro atoms. The summed E-state index contributed by atoms with van der Waals surface area (Å²) in [7, 11) is 0. The Bertz CT molecular complexity index is 1060. The maximum atomic E-state index is 13.3. The number of anilines is 1. The molecule has 3 aromatic heterocycles. The van der Waals surface area contributed by atoms with Gasteiger partial charge in [-0.2, -0.15) is 23.4 Å². The largest absolute Gasteiger partial charge is 0.419 e. The highest BCUT2D eigenvalue weighted by atomic mass is 19.4. The molecule has 2 saturated carbocycles. The number of hydrogen-bond acceptors (Lipinski definition) is 4. The lowest BCUT2D eigenvalue weighted by molar-refractivity contribution is -0.137. The third-order valence-electron chi connectivity index (χ3n) is 6.43. The van der Waals surface area contributed by atoms with Crippen LogP contribution in [0.1, 0.15) is 55.9 Å². The molecule has 0 unspecified atom stereocenters. The smallest absolute Gasteiger partial charge is 0.383 e. The maximum absolute atomic E-state index is 13.3. The third-order valence-corrected chi connectivity index (χ3v) is 6.43. The summed E-state index contributed by atoms with van der Waals surface area (Å²) < 4.78 is 43.7. The molecule has 9 heteroatoms. The summed E-state index contributed by atoms with van der Waals surface area (Å²) in [5.74, 6) is 1.01. The zero-order valence-corrected chi connectivity index (χ0v) is 16.7. The minimum absolute atomic E-state index is 0.112. The standard InChI is InChI=1S/C21H23F3N6/c1-11(2)30-18(19-14-7-13(8-15(14)19)29-5-3-4-27-29)9-17(28-30)12-6-16(21(22,23)24)20(25)26-10-12/h3-6,9-11,13-15,19H,7-8H2,1-2H3,(H2,25,26)/t13-,14-,15+,19+. The van der Waals surface area contributed by atoms with E-state index in [0.717, 1.165) is 24.6 Å². The maximum Gasteiger partial charge on any atom is 0.419 e. The van der Waals surface area contributed by atoms with Gasteiger partial charge in [0.1, 0.15) is 5.82 Å². The molecule has 0 aromatic carbocycles. The van der Waals surface area contributed by atoms with Crippen LogP contribution >= 0.6 is 0 Å². The lowest BCUT2D eigenvalue weighted by atomic mass is 10.0. The normalized spacial score (nSPS) is 25.7. The first kappa shape index (κ1) is 19.1. The molecule has 4 atom stereocenters. The molecule has 0 radical (unpaired) electrons. The Labute approximate surface area is 171 Å². The van der Waals surface area contributed by atoms with E-state index in [4.69, 9.17) is 5.73 Å². The van der Waals surface area contributed by atoms with Crippen molar-refractivity contribution in [3.05, 3.63) is 48.0 Å². The number of pyridine rings is 1. The molecule has 3 heterocycles. The van der Waals surface area contributed by atoms with Crippen molar-refractivity contribution in [3.8, 4) is 11.3 Å². The molecule has 30 heavy (non-hydrogen) atoms. The first-order valence-corrected chi connectivity index (χ1v) is 10.2. The van der Waals surface area contributed by atoms with Crippen molar-refractivity contribution in [2.24, 2.45) is 11.8 Å². The van der Waals surface area contributed by atoms with E-state index in [0.29, 0.717) is 35.1 Å². The first-order valence-electron chi connectivity index (χ1n) is 10.2. The van der Waals surface area contributed by atoms with Crippen molar-refractivity contribution in [2.75, 3.05) is 5.73 Å². The molecule has 2 aliphatic rings. The number of hydrogen-bond donors (Lipinski definition) is 1. The molecule has 0 amide bonds. The van der Waals surface area contributed by atoms with Crippen molar-refractivity contribution in [2.45, 2.75) is 50.9 Å². The second kappa shape index (κ2) is 6.58. The van der Waals surface area contributed by atoms with Gasteiger partial charge >= 0.3 is 6.18 Å². The number of fused-ring (bicyclic) bond motifs is 1. The number of rotatable bonds is 4. The van der Waals surface area contributed by atoms with Gasteiger partial charge in [0, 0.05) is 41.8 Å². The quantitative estimate of drug-likeness (QED) is 0.670. The molecular weight excluding hydrogens is 393 g/mol. The minimum Gasteiger partial charge on any atom is -0.383 e. The highest BCUT2D eigenvalue weighted by Gasteiger charge is 2.58. The van der Waals surface area contributed by atoms with E-state index in [9.17, 15) is 13.2 Å². The Morgan fingerprint density at radius 2 is 1.90 bits per heavy atom. The van der Waals surface area contributed by atoms with Crippen LogP contribution in [0.4, 0.5) is 19.0 Å². The molecule has 5 rings (SSSR count). The molecular formula is C21H23F3N6. The molecule has 0 bridgehead atoms. The summed E-state index contributed by atoms with van der Waals surface area (Å²) >= 11 is 0. The minimum atomic E-state index is -4.55. The molecule has 158 valence electrons. The molecule has 2 fully saturated rings. The first-order chi connectivity index (χ1) is 14.2. The second-order valence-electron chi connectivity index (χ2n) is 8.61. The number of halogens is 3. The molecule has 6 nitrogen and oxygen atoms in total. The highest BCUT2D eigenvalue weighted by molar-refractivity contribution is 5.63. The van der Waals surface area contributed by atoms with Crippen LogP contribution in [0.5, 0.6) is 0 Å². The SMILES string of the molecule is CC(C)n1nc(-c2cnc(N)c(C(F)(F)F)c2)cc1[C@H]1[C@@H]2C[C@@H](n3cccn3)C[C@@H]21. The molecule has 3 aromatic rings. The Morgan fingerprint density at radius 1 is 1.17 bits per heavy atom. The monoisotopic (exact) mass is 416 g/mol. The van der Waals surface area contributed by atoms with Gasteiger partial charge in [0.2, 0.25) is 0 Å².